The number of halogens is 1. The molecule has 6 nitrogen and oxygen atoms in total. The number of ether oxygens (including phenoxy) is 2. The molecular formula is C20H16BrNO5S. The van der Waals surface area contributed by atoms with Gasteiger partial charge < -0.3 is 13.9 Å². The highest BCUT2D eigenvalue weighted by molar-refractivity contribution is 9.10. The lowest BCUT2D eigenvalue weighted by molar-refractivity contribution is 0.353. The van der Waals surface area contributed by atoms with E-state index >= 15 is 0 Å². The van der Waals surface area contributed by atoms with E-state index in [1.54, 1.807) is 18.2 Å². The van der Waals surface area contributed by atoms with Gasteiger partial charge in [0.15, 0.2) is 11.5 Å². The molecule has 28 heavy (non-hydrogen) atoms. The Labute approximate surface area is 170 Å². The van der Waals surface area contributed by atoms with Crippen LogP contribution in [0.5, 0.6) is 11.5 Å². The van der Waals surface area contributed by atoms with Crippen molar-refractivity contribution in [2.24, 2.45) is 0 Å². The van der Waals surface area contributed by atoms with Gasteiger partial charge in [-0.15, -0.1) is 0 Å². The van der Waals surface area contributed by atoms with E-state index in [0.29, 0.717) is 27.2 Å². The predicted molar refractivity (Wildman–Crippen MR) is 112 cm³/mol. The van der Waals surface area contributed by atoms with E-state index in [0.717, 1.165) is 16.4 Å². The molecule has 0 bridgehead atoms. The number of anilines is 1. The second kappa shape index (κ2) is 7.03. The van der Waals surface area contributed by atoms with Crippen LogP contribution in [-0.2, 0) is 10.0 Å². The van der Waals surface area contributed by atoms with Crippen molar-refractivity contribution >= 4 is 53.6 Å². The van der Waals surface area contributed by atoms with Crippen molar-refractivity contribution in [1.29, 1.82) is 0 Å². The first-order valence-corrected chi connectivity index (χ1v) is 10.6. The van der Waals surface area contributed by atoms with Gasteiger partial charge in [0.2, 0.25) is 0 Å². The summed E-state index contributed by atoms with van der Waals surface area (Å²) in [4.78, 5) is 0.0369. The molecule has 0 fully saturated rings. The van der Waals surface area contributed by atoms with Crippen molar-refractivity contribution in [3.8, 4) is 11.5 Å². The Balaban J connectivity index is 1.74. The molecule has 8 heteroatoms. The van der Waals surface area contributed by atoms with Crippen molar-refractivity contribution in [2.75, 3.05) is 18.9 Å². The van der Waals surface area contributed by atoms with E-state index < -0.39 is 10.0 Å². The van der Waals surface area contributed by atoms with E-state index in [1.165, 1.54) is 20.3 Å². The standard InChI is InChI=1S/C20H16BrNO5S/c1-25-18-10-15(21)20(11-19(18)26-2)28(23,24)22-12-7-8-14-13-5-3-4-6-16(13)27-17(14)9-12/h3-11,22H,1-2H3. The Bertz CT molecular complexity index is 1300. The summed E-state index contributed by atoms with van der Waals surface area (Å²) in [5.74, 6) is 0.746. The summed E-state index contributed by atoms with van der Waals surface area (Å²) >= 11 is 3.29. The zero-order valence-corrected chi connectivity index (χ0v) is 17.4. The Hall–Kier alpha value is -2.71. The maximum atomic E-state index is 12.9. The first kappa shape index (κ1) is 18.6. The molecule has 0 aliphatic rings. The van der Waals surface area contributed by atoms with Gasteiger partial charge in [0.05, 0.1) is 19.9 Å². The van der Waals surface area contributed by atoms with Gasteiger partial charge >= 0.3 is 0 Å². The van der Waals surface area contributed by atoms with Gasteiger partial charge in [-0.3, -0.25) is 4.72 Å². The van der Waals surface area contributed by atoms with Crippen LogP contribution in [0.2, 0.25) is 0 Å². The second-order valence-corrected chi connectivity index (χ2v) is 8.56. The molecule has 0 saturated heterocycles. The molecular weight excluding hydrogens is 446 g/mol. The number of fused-ring (bicyclic) bond motifs is 3. The smallest absolute Gasteiger partial charge is 0.263 e. The number of para-hydroxylation sites is 1. The van der Waals surface area contributed by atoms with Gasteiger partial charge in [0, 0.05) is 27.4 Å². The topological polar surface area (TPSA) is 77.8 Å². The molecule has 0 amide bonds. The molecule has 144 valence electrons. The summed E-state index contributed by atoms with van der Waals surface area (Å²) in [6, 6.07) is 15.8. The third-order valence-electron chi connectivity index (χ3n) is 4.36. The molecule has 0 aliphatic carbocycles. The zero-order chi connectivity index (χ0) is 19.9. The molecule has 0 saturated carbocycles. The summed E-state index contributed by atoms with van der Waals surface area (Å²) in [6.45, 7) is 0. The molecule has 0 radical (unpaired) electrons. The fraction of sp³-hybridized carbons (Fsp3) is 0.100. The maximum absolute atomic E-state index is 12.9. The minimum absolute atomic E-state index is 0.0369. The van der Waals surface area contributed by atoms with Crippen LogP contribution in [0, 0.1) is 0 Å². The summed E-state index contributed by atoms with van der Waals surface area (Å²) in [7, 11) is -0.940. The van der Waals surface area contributed by atoms with Crippen LogP contribution in [0.15, 0.2) is 68.4 Å². The summed E-state index contributed by atoms with van der Waals surface area (Å²) in [6.07, 6.45) is 0. The molecule has 0 unspecified atom stereocenters. The molecule has 0 atom stereocenters. The van der Waals surface area contributed by atoms with Crippen molar-refractivity contribution in [2.45, 2.75) is 4.90 Å². The van der Waals surface area contributed by atoms with E-state index in [1.807, 2.05) is 30.3 Å². The molecule has 0 spiro atoms. The van der Waals surface area contributed by atoms with Crippen LogP contribution in [0.1, 0.15) is 0 Å². The van der Waals surface area contributed by atoms with Gasteiger partial charge in [0.25, 0.3) is 10.0 Å². The third kappa shape index (κ3) is 3.18. The number of nitrogens with one attached hydrogen (secondary N) is 1. The molecule has 3 aromatic carbocycles. The highest BCUT2D eigenvalue weighted by Crippen LogP contribution is 2.37. The monoisotopic (exact) mass is 461 g/mol. The third-order valence-corrected chi connectivity index (χ3v) is 6.70. The quantitative estimate of drug-likeness (QED) is 0.443. The normalized spacial score (nSPS) is 11.7. The second-order valence-electron chi connectivity index (χ2n) is 6.05. The van der Waals surface area contributed by atoms with Crippen molar-refractivity contribution in [3.05, 3.63) is 59.1 Å². The van der Waals surface area contributed by atoms with Gasteiger partial charge in [0.1, 0.15) is 16.1 Å². The van der Waals surface area contributed by atoms with Gasteiger partial charge in [-0.1, -0.05) is 18.2 Å². The lowest BCUT2D eigenvalue weighted by Gasteiger charge is -2.13. The lowest BCUT2D eigenvalue weighted by Crippen LogP contribution is -2.14. The average molecular weight is 462 g/mol. The summed E-state index contributed by atoms with van der Waals surface area (Å²) < 4.78 is 45.0. The van der Waals surface area contributed by atoms with E-state index in [-0.39, 0.29) is 4.90 Å². The summed E-state index contributed by atoms with van der Waals surface area (Å²) in [5.41, 5.74) is 1.75. The first-order valence-electron chi connectivity index (χ1n) is 8.28. The van der Waals surface area contributed by atoms with E-state index in [9.17, 15) is 8.42 Å². The van der Waals surface area contributed by atoms with Gasteiger partial charge in [-0.25, -0.2) is 8.42 Å². The van der Waals surface area contributed by atoms with Crippen LogP contribution in [0.25, 0.3) is 21.9 Å². The number of benzene rings is 3. The number of hydrogen-bond donors (Lipinski definition) is 1. The number of rotatable bonds is 5. The maximum Gasteiger partial charge on any atom is 0.263 e. The molecule has 0 aliphatic heterocycles. The van der Waals surface area contributed by atoms with Crippen LogP contribution >= 0.6 is 15.9 Å². The van der Waals surface area contributed by atoms with Crippen molar-refractivity contribution in [3.63, 3.8) is 0 Å². The average Bonchev–Trinajstić information content (AvgIpc) is 3.04. The minimum atomic E-state index is -3.87. The van der Waals surface area contributed by atoms with E-state index in [4.69, 9.17) is 13.9 Å². The van der Waals surface area contributed by atoms with Crippen LogP contribution in [0.4, 0.5) is 5.69 Å². The van der Waals surface area contributed by atoms with Gasteiger partial charge in [-0.2, -0.15) is 0 Å². The fourth-order valence-electron chi connectivity index (χ4n) is 3.04. The highest BCUT2D eigenvalue weighted by Gasteiger charge is 2.22. The molecule has 1 aromatic heterocycles. The molecule has 4 rings (SSSR count). The minimum Gasteiger partial charge on any atom is -0.493 e. The molecule has 1 N–H and O–H groups in total. The fourth-order valence-corrected chi connectivity index (χ4v) is 5.13. The Morgan fingerprint density at radius 1 is 0.893 bits per heavy atom. The highest BCUT2D eigenvalue weighted by atomic mass is 79.9. The van der Waals surface area contributed by atoms with Crippen LogP contribution in [-0.4, -0.2) is 22.6 Å². The van der Waals surface area contributed by atoms with Crippen LogP contribution in [0.3, 0.4) is 0 Å². The first-order chi connectivity index (χ1) is 13.4. The van der Waals surface area contributed by atoms with Crippen molar-refractivity contribution in [1.82, 2.24) is 0 Å². The number of hydrogen-bond acceptors (Lipinski definition) is 5. The lowest BCUT2D eigenvalue weighted by atomic mass is 10.1. The van der Waals surface area contributed by atoms with E-state index in [2.05, 4.69) is 20.7 Å². The Morgan fingerprint density at radius 2 is 1.57 bits per heavy atom. The van der Waals surface area contributed by atoms with Crippen LogP contribution < -0.4 is 14.2 Å². The number of sulfonamides is 1. The predicted octanol–water partition coefficient (Wildman–Crippen LogP) is 5.17. The largest absolute Gasteiger partial charge is 0.493 e. The zero-order valence-electron chi connectivity index (χ0n) is 15.0. The number of methoxy groups -OCH3 is 2. The molecule has 4 aromatic rings. The number of furan rings is 1. The van der Waals surface area contributed by atoms with Crippen molar-refractivity contribution < 1.29 is 22.3 Å². The SMILES string of the molecule is COc1cc(Br)c(S(=O)(=O)Nc2ccc3c(c2)oc2ccccc23)cc1OC. The summed E-state index contributed by atoms with van der Waals surface area (Å²) in [5, 5.41) is 1.90. The van der Waals surface area contributed by atoms with Gasteiger partial charge in [-0.05, 0) is 40.2 Å². The molecule has 1 heterocycles. The Morgan fingerprint density at radius 3 is 2.32 bits per heavy atom. The Kier molecular flexibility index (Phi) is 4.68.